The number of nitrogens with zero attached hydrogens (tertiary/aromatic N) is 2. The fourth-order valence-corrected chi connectivity index (χ4v) is 4.91. The number of pyridine rings is 1. The lowest BCUT2D eigenvalue weighted by Crippen LogP contribution is -2.37. The van der Waals surface area contributed by atoms with Crippen molar-refractivity contribution in [3.63, 3.8) is 0 Å². The van der Waals surface area contributed by atoms with Crippen molar-refractivity contribution in [2.24, 2.45) is 5.10 Å². The summed E-state index contributed by atoms with van der Waals surface area (Å²) in [6.45, 7) is 0. The van der Waals surface area contributed by atoms with Crippen LogP contribution in [0.25, 0.3) is 33.6 Å². The lowest BCUT2D eigenvalue weighted by Gasteiger charge is -2.12. The smallest absolute Gasteiger partial charge is 0.246 e. The summed E-state index contributed by atoms with van der Waals surface area (Å²) >= 11 is 3.55. The SMILES string of the molecule is Brc1ccc(NC(=N[n+]2c(-c3ccccc3)cc(-c3ccccc3)cc2-c2ccccc2)c2ccccc2)cc1. The summed E-state index contributed by atoms with van der Waals surface area (Å²) in [5.74, 6) is 0.745. The van der Waals surface area contributed by atoms with Gasteiger partial charge >= 0.3 is 0 Å². The third kappa shape index (κ3) is 5.78. The van der Waals surface area contributed by atoms with Crippen LogP contribution in [0.2, 0.25) is 0 Å². The predicted molar refractivity (Wildman–Crippen MR) is 169 cm³/mol. The molecule has 0 spiro atoms. The van der Waals surface area contributed by atoms with Crippen molar-refractivity contribution in [3.8, 4) is 33.6 Å². The van der Waals surface area contributed by atoms with Gasteiger partial charge in [0.05, 0.1) is 0 Å². The number of aromatic nitrogens is 1. The second kappa shape index (κ2) is 11.9. The zero-order valence-electron chi connectivity index (χ0n) is 21.8. The molecule has 4 heteroatoms. The molecule has 6 aromatic rings. The van der Waals surface area contributed by atoms with Gasteiger partial charge in [-0.2, -0.15) is 0 Å². The van der Waals surface area contributed by atoms with E-state index in [1.165, 1.54) is 0 Å². The highest BCUT2D eigenvalue weighted by molar-refractivity contribution is 9.10. The zero-order chi connectivity index (χ0) is 27.1. The van der Waals surface area contributed by atoms with Crippen LogP contribution in [0.5, 0.6) is 0 Å². The molecule has 0 aliphatic carbocycles. The zero-order valence-corrected chi connectivity index (χ0v) is 23.4. The Hall–Kier alpha value is -4.80. The average molecular weight is 582 g/mol. The van der Waals surface area contributed by atoms with Gasteiger partial charge in [0.15, 0.2) is 0 Å². The lowest BCUT2D eigenvalue weighted by molar-refractivity contribution is -0.656. The van der Waals surface area contributed by atoms with Crippen LogP contribution in [0, 0.1) is 0 Å². The molecule has 0 aliphatic rings. The fourth-order valence-electron chi connectivity index (χ4n) is 4.64. The van der Waals surface area contributed by atoms with Crippen LogP contribution in [0.3, 0.4) is 0 Å². The molecular weight excluding hydrogens is 554 g/mol. The molecule has 0 saturated carbocycles. The van der Waals surface area contributed by atoms with E-state index in [0.717, 1.165) is 55.2 Å². The van der Waals surface area contributed by atoms with E-state index < -0.39 is 0 Å². The van der Waals surface area contributed by atoms with Crippen LogP contribution in [0.4, 0.5) is 5.69 Å². The van der Waals surface area contributed by atoms with Gasteiger partial charge in [0, 0.05) is 44.1 Å². The second-order valence-corrected chi connectivity index (χ2v) is 10.3. The van der Waals surface area contributed by atoms with Gasteiger partial charge in [-0.1, -0.05) is 113 Å². The Balaban J connectivity index is 1.64. The lowest BCUT2D eigenvalue weighted by atomic mass is 10.00. The summed E-state index contributed by atoms with van der Waals surface area (Å²) in [5, 5.41) is 8.93. The van der Waals surface area contributed by atoms with E-state index in [1.54, 1.807) is 0 Å². The number of anilines is 1. The van der Waals surface area contributed by atoms with Gasteiger partial charge in [0.2, 0.25) is 17.2 Å². The van der Waals surface area contributed by atoms with Crippen LogP contribution in [0.1, 0.15) is 5.56 Å². The average Bonchev–Trinajstić information content (AvgIpc) is 3.03. The molecule has 3 nitrogen and oxygen atoms in total. The summed E-state index contributed by atoms with van der Waals surface area (Å²) in [7, 11) is 0. The highest BCUT2D eigenvalue weighted by Crippen LogP contribution is 2.29. The molecule has 0 aliphatic heterocycles. The minimum absolute atomic E-state index is 0.745. The van der Waals surface area contributed by atoms with Gasteiger partial charge in [-0.05, 0) is 64.3 Å². The van der Waals surface area contributed by atoms with Crippen LogP contribution in [-0.2, 0) is 0 Å². The third-order valence-corrected chi connectivity index (χ3v) is 7.17. The number of nitrogens with one attached hydrogen (secondary N) is 1. The molecule has 1 heterocycles. The van der Waals surface area contributed by atoms with Crippen LogP contribution < -0.4 is 9.99 Å². The molecule has 40 heavy (non-hydrogen) atoms. The van der Waals surface area contributed by atoms with Crippen molar-refractivity contribution in [2.75, 3.05) is 5.32 Å². The summed E-state index contributed by atoms with van der Waals surface area (Å²) in [6, 6.07) is 54.2. The number of halogens is 1. The first-order chi connectivity index (χ1) is 19.7. The standard InChI is InChI=1S/C36H27BrN3/c37-32-21-23-33(24-22-32)38-36(30-19-11-4-12-20-30)39-40-34(28-15-7-2-8-16-28)25-31(27-13-5-1-6-14-27)26-35(40)29-17-9-3-10-18-29/h1-26H,(H,38,39)/q+1. The monoisotopic (exact) mass is 580 g/mol. The molecular formula is C36H27BrN3+. The Morgan fingerprint density at radius 2 is 0.950 bits per heavy atom. The first-order valence-electron chi connectivity index (χ1n) is 13.2. The molecule has 0 atom stereocenters. The number of hydrogen-bond donors (Lipinski definition) is 1. The van der Waals surface area contributed by atoms with Crippen molar-refractivity contribution in [1.29, 1.82) is 0 Å². The highest BCUT2D eigenvalue weighted by atomic mass is 79.9. The number of benzene rings is 5. The maximum Gasteiger partial charge on any atom is 0.246 e. The fraction of sp³-hybridized carbons (Fsp3) is 0. The maximum absolute atomic E-state index is 5.34. The summed E-state index contributed by atoms with van der Waals surface area (Å²) < 4.78 is 3.09. The molecule has 0 amide bonds. The Bertz CT molecular complexity index is 1670. The van der Waals surface area contributed by atoms with Gasteiger partial charge < -0.3 is 5.32 Å². The van der Waals surface area contributed by atoms with E-state index in [0.29, 0.717) is 0 Å². The van der Waals surface area contributed by atoms with E-state index in [-0.39, 0.29) is 0 Å². The molecule has 6 rings (SSSR count). The van der Waals surface area contributed by atoms with Crippen molar-refractivity contribution in [3.05, 3.63) is 168 Å². The molecule has 0 radical (unpaired) electrons. The normalized spacial score (nSPS) is 11.3. The van der Waals surface area contributed by atoms with E-state index >= 15 is 0 Å². The van der Waals surface area contributed by atoms with Crippen LogP contribution in [-0.4, -0.2) is 5.84 Å². The van der Waals surface area contributed by atoms with Gasteiger partial charge in [-0.25, -0.2) is 0 Å². The van der Waals surface area contributed by atoms with Crippen LogP contribution >= 0.6 is 15.9 Å². The number of hydrogen-bond acceptors (Lipinski definition) is 1. The van der Waals surface area contributed by atoms with Crippen LogP contribution in [0.15, 0.2) is 167 Å². The van der Waals surface area contributed by atoms with Gasteiger partial charge in [0.25, 0.3) is 0 Å². The van der Waals surface area contributed by atoms with Gasteiger partial charge in [-0.3, -0.25) is 0 Å². The maximum atomic E-state index is 5.34. The molecule has 0 saturated heterocycles. The van der Waals surface area contributed by atoms with Crippen molar-refractivity contribution in [2.45, 2.75) is 0 Å². The molecule has 1 aromatic heterocycles. The summed E-state index contributed by atoms with van der Waals surface area (Å²) in [4.78, 5) is 0. The molecule has 0 unspecified atom stereocenters. The van der Waals surface area contributed by atoms with Crippen molar-refractivity contribution in [1.82, 2.24) is 0 Å². The minimum Gasteiger partial charge on any atom is -0.335 e. The third-order valence-electron chi connectivity index (χ3n) is 6.64. The summed E-state index contributed by atoms with van der Waals surface area (Å²) in [5.41, 5.74) is 8.38. The van der Waals surface area contributed by atoms with Crippen molar-refractivity contribution < 1.29 is 4.68 Å². The molecule has 5 aromatic carbocycles. The first kappa shape index (κ1) is 25.5. The van der Waals surface area contributed by atoms with Gasteiger partial charge in [-0.15, -0.1) is 0 Å². The quantitative estimate of drug-likeness (QED) is 0.119. The minimum atomic E-state index is 0.745. The predicted octanol–water partition coefficient (Wildman–Crippen LogP) is 9.06. The molecule has 0 bridgehead atoms. The van der Waals surface area contributed by atoms with E-state index in [2.05, 4.69) is 123 Å². The number of amidine groups is 1. The molecule has 1 N–H and O–H groups in total. The van der Waals surface area contributed by atoms with E-state index in [9.17, 15) is 0 Å². The largest absolute Gasteiger partial charge is 0.335 e. The Kier molecular flexibility index (Phi) is 7.60. The Morgan fingerprint density at radius 3 is 1.45 bits per heavy atom. The summed E-state index contributed by atoms with van der Waals surface area (Å²) in [6.07, 6.45) is 0. The molecule has 192 valence electrons. The Morgan fingerprint density at radius 1 is 0.500 bits per heavy atom. The molecule has 0 fully saturated rings. The topological polar surface area (TPSA) is 28.3 Å². The number of rotatable bonds is 6. The highest BCUT2D eigenvalue weighted by Gasteiger charge is 2.25. The van der Waals surface area contributed by atoms with E-state index in [4.69, 9.17) is 5.10 Å². The van der Waals surface area contributed by atoms with E-state index in [1.807, 2.05) is 60.7 Å². The second-order valence-electron chi connectivity index (χ2n) is 9.37. The Labute approximate surface area is 243 Å². The van der Waals surface area contributed by atoms with Crippen molar-refractivity contribution >= 4 is 27.5 Å². The first-order valence-corrected chi connectivity index (χ1v) is 14.0. The van der Waals surface area contributed by atoms with Gasteiger partial charge in [0.1, 0.15) is 0 Å².